The molecule has 7 nitrogen and oxygen atoms in total. The fraction of sp³-hybridized carbons (Fsp3) is 0.424. The lowest BCUT2D eigenvalue weighted by Crippen LogP contribution is -2.59. The van der Waals surface area contributed by atoms with Crippen LogP contribution in [0.25, 0.3) is 0 Å². The van der Waals surface area contributed by atoms with Gasteiger partial charge in [-0.25, -0.2) is 0 Å². The zero-order valence-electron chi connectivity index (χ0n) is 24.1. The summed E-state index contributed by atoms with van der Waals surface area (Å²) in [5, 5.41) is 10.6. The SMILES string of the molecule is C=CCN(Cc1ccccc1)C(=O)[C@@H]1[C@@H]2CC(C)C3(S2)C(C(=O)N(CC=C)c2ccccc2Cl)N([C@H](C)CO)C(=O)[C@H]13. The van der Waals surface area contributed by atoms with Gasteiger partial charge in [0.2, 0.25) is 11.8 Å². The lowest BCUT2D eigenvalue weighted by atomic mass is 9.65. The summed E-state index contributed by atoms with van der Waals surface area (Å²) < 4.78 is -0.824. The van der Waals surface area contributed by atoms with Crippen LogP contribution >= 0.6 is 23.4 Å². The Morgan fingerprint density at radius 1 is 1.12 bits per heavy atom. The average molecular weight is 608 g/mol. The summed E-state index contributed by atoms with van der Waals surface area (Å²) >= 11 is 8.18. The van der Waals surface area contributed by atoms with Gasteiger partial charge in [-0.2, -0.15) is 0 Å². The van der Waals surface area contributed by atoms with E-state index in [9.17, 15) is 19.5 Å². The quantitative estimate of drug-likeness (QED) is 0.372. The number of fused-ring (bicyclic) bond motifs is 1. The lowest BCUT2D eigenvalue weighted by Gasteiger charge is -2.42. The molecule has 0 saturated carbocycles. The number of hydrogen-bond acceptors (Lipinski definition) is 5. The van der Waals surface area contributed by atoms with E-state index in [4.69, 9.17) is 11.6 Å². The molecule has 2 aromatic rings. The van der Waals surface area contributed by atoms with Crippen molar-refractivity contribution in [2.24, 2.45) is 17.8 Å². The van der Waals surface area contributed by atoms with E-state index in [2.05, 4.69) is 20.1 Å². The fourth-order valence-corrected chi connectivity index (χ4v) is 9.87. The average Bonchev–Trinajstić information content (AvgIpc) is 3.59. The molecule has 1 spiro atoms. The predicted octanol–water partition coefficient (Wildman–Crippen LogP) is 4.79. The highest BCUT2D eigenvalue weighted by molar-refractivity contribution is 8.02. The van der Waals surface area contributed by atoms with Crippen LogP contribution < -0.4 is 4.90 Å². The second kappa shape index (κ2) is 12.3. The minimum absolute atomic E-state index is 0.00542. The van der Waals surface area contributed by atoms with Crippen LogP contribution in [0.2, 0.25) is 5.02 Å². The van der Waals surface area contributed by atoms with E-state index in [1.807, 2.05) is 36.4 Å². The summed E-state index contributed by atoms with van der Waals surface area (Å²) in [7, 11) is 0. The number of halogens is 1. The molecule has 3 unspecified atom stereocenters. The number of carbonyl (C=O) groups is 3. The number of amides is 3. The molecule has 3 aliphatic rings. The smallest absolute Gasteiger partial charge is 0.251 e. The molecule has 0 aliphatic carbocycles. The Bertz CT molecular complexity index is 1370. The number of hydrogen-bond donors (Lipinski definition) is 1. The molecule has 2 aromatic carbocycles. The van der Waals surface area contributed by atoms with Crippen LogP contribution in [0.3, 0.4) is 0 Å². The molecule has 5 rings (SSSR count). The number of rotatable bonds is 11. The number of carbonyl (C=O) groups excluding carboxylic acids is 3. The molecule has 3 saturated heterocycles. The third-order valence-electron chi connectivity index (χ3n) is 9.04. The van der Waals surface area contributed by atoms with Crippen LogP contribution in [0.15, 0.2) is 79.9 Å². The zero-order valence-corrected chi connectivity index (χ0v) is 25.6. The minimum Gasteiger partial charge on any atom is -0.394 e. The Hall–Kier alpha value is -3.07. The maximum atomic E-state index is 14.7. The van der Waals surface area contributed by atoms with Crippen LogP contribution in [0.5, 0.6) is 0 Å². The molecule has 0 radical (unpaired) electrons. The highest BCUT2D eigenvalue weighted by Gasteiger charge is 2.76. The summed E-state index contributed by atoms with van der Waals surface area (Å²) in [5.41, 5.74) is 1.53. The van der Waals surface area contributed by atoms with Gasteiger partial charge in [-0.3, -0.25) is 14.4 Å². The highest BCUT2D eigenvalue weighted by Crippen LogP contribution is 2.69. The first-order valence-electron chi connectivity index (χ1n) is 14.4. The van der Waals surface area contributed by atoms with Gasteiger partial charge in [0.15, 0.2) is 0 Å². The second-order valence-corrected chi connectivity index (χ2v) is 13.5. The third kappa shape index (κ3) is 4.87. The zero-order chi connectivity index (χ0) is 30.2. The summed E-state index contributed by atoms with van der Waals surface area (Å²) in [4.78, 5) is 48.4. The standard InChI is InChI=1S/C33H38ClN3O4S/c1-5-16-35(19-23-12-8-7-9-13-23)30(39)27-26-18-21(3)33(42-26)28(27)31(40)37(22(4)20-38)29(33)32(41)36(17-6-2)25-15-11-10-14-24(25)34/h5-15,21-22,26-29,38H,1-2,16-20H2,3-4H3/t21?,22-,26+,27-,28+,29?,33?/m1/s1. The van der Waals surface area contributed by atoms with E-state index in [-0.39, 0.29) is 42.0 Å². The molecular weight excluding hydrogens is 570 g/mol. The molecule has 0 aromatic heterocycles. The van der Waals surface area contributed by atoms with Gasteiger partial charge in [-0.1, -0.05) is 73.1 Å². The van der Waals surface area contributed by atoms with Gasteiger partial charge in [0.25, 0.3) is 5.91 Å². The third-order valence-corrected chi connectivity index (χ3v) is 11.4. The van der Waals surface area contributed by atoms with Gasteiger partial charge in [0.05, 0.1) is 39.9 Å². The number of aliphatic hydroxyl groups excluding tert-OH is 1. The van der Waals surface area contributed by atoms with Gasteiger partial charge < -0.3 is 19.8 Å². The van der Waals surface area contributed by atoms with E-state index in [1.165, 1.54) is 0 Å². The van der Waals surface area contributed by atoms with E-state index in [1.54, 1.807) is 63.7 Å². The molecule has 3 fully saturated rings. The summed E-state index contributed by atoms with van der Waals surface area (Å²) in [6.45, 7) is 12.2. The van der Waals surface area contributed by atoms with Crippen molar-refractivity contribution < 1.29 is 19.5 Å². The maximum Gasteiger partial charge on any atom is 0.251 e. The number of para-hydroxylation sites is 1. The Morgan fingerprint density at radius 3 is 2.43 bits per heavy atom. The predicted molar refractivity (Wildman–Crippen MR) is 168 cm³/mol. The van der Waals surface area contributed by atoms with Crippen LogP contribution in [-0.2, 0) is 20.9 Å². The van der Waals surface area contributed by atoms with Crippen molar-refractivity contribution in [3.8, 4) is 0 Å². The number of nitrogens with zero attached hydrogens (tertiary/aromatic N) is 3. The van der Waals surface area contributed by atoms with Crippen LogP contribution in [0.1, 0.15) is 25.8 Å². The molecule has 7 atom stereocenters. The number of anilines is 1. The topological polar surface area (TPSA) is 81.2 Å². The summed E-state index contributed by atoms with van der Waals surface area (Å²) in [5.74, 6) is -1.89. The normalized spacial score (nSPS) is 28.3. The van der Waals surface area contributed by atoms with E-state index < -0.39 is 28.7 Å². The molecule has 9 heteroatoms. The Labute approximate surface area is 257 Å². The molecule has 2 bridgehead atoms. The van der Waals surface area contributed by atoms with E-state index >= 15 is 0 Å². The van der Waals surface area contributed by atoms with E-state index in [0.29, 0.717) is 23.8 Å². The molecular formula is C33H38ClN3O4S. The van der Waals surface area contributed by atoms with Crippen LogP contribution in [0.4, 0.5) is 5.69 Å². The van der Waals surface area contributed by atoms with Gasteiger partial charge in [-0.05, 0) is 37.0 Å². The van der Waals surface area contributed by atoms with Crippen molar-refractivity contribution in [3.05, 3.63) is 90.5 Å². The monoisotopic (exact) mass is 607 g/mol. The van der Waals surface area contributed by atoms with Crippen molar-refractivity contribution in [2.75, 3.05) is 24.6 Å². The van der Waals surface area contributed by atoms with Gasteiger partial charge >= 0.3 is 0 Å². The number of thioether (sulfide) groups is 1. The van der Waals surface area contributed by atoms with E-state index in [0.717, 1.165) is 12.0 Å². The molecule has 42 heavy (non-hydrogen) atoms. The maximum absolute atomic E-state index is 14.7. The molecule has 3 heterocycles. The van der Waals surface area contributed by atoms with Gasteiger partial charge in [-0.15, -0.1) is 24.9 Å². The number of aliphatic hydroxyl groups is 1. The Morgan fingerprint density at radius 2 is 1.79 bits per heavy atom. The van der Waals surface area contributed by atoms with Crippen LogP contribution in [-0.4, -0.2) is 74.4 Å². The Kier molecular flexibility index (Phi) is 8.88. The van der Waals surface area contributed by atoms with Crippen molar-refractivity contribution in [1.82, 2.24) is 9.80 Å². The molecule has 3 amide bonds. The highest BCUT2D eigenvalue weighted by atomic mass is 35.5. The van der Waals surface area contributed by atoms with Crippen molar-refractivity contribution in [3.63, 3.8) is 0 Å². The van der Waals surface area contributed by atoms with Crippen molar-refractivity contribution >= 4 is 46.8 Å². The van der Waals surface area contributed by atoms with Crippen molar-refractivity contribution in [2.45, 2.75) is 48.9 Å². The first-order valence-corrected chi connectivity index (χ1v) is 15.7. The number of benzene rings is 2. The lowest BCUT2D eigenvalue weighted by molar-refractivity contribution is -0.145. The fourth-order valence-electron chi connectivity index (χ4n) is 7.24. The number of likely N-dealkylation sites (tertiary alicyclic amines) is 1. The summed E-state index contributed by atoms with van der Waals surface area (Å²) in [6.07, 6.45) is 4.06. The molecule has 1 N–H and O–H groups in total. The minimum atomic E-state index is -0.877. The first kappa shape index (κ1) is 30.4. The first-order chi connectivity index (χ1) is 20.2. The van der Waals surface area contributed by atoms with Gasteiger partial charge in [0, 0.05) is 24.9 Å². The van der Waals surface area contributed by atoms with Crippen LogP contribution in [0, 0.1) is 17.8 Å². The Balaban J connectivity index is 1.58. The second-order valence-electron chi connectivity index (χ2n) is 11.5. The summed E-state index contributed by atoms with van der Waals surface area (Å²) in [6, 6.07) is 15.4. The largest absolute Gasteiger partial charge is 0.394 e. The molecule has 222 valence electrons. The molecule has 3 aliphatic heterocycles. The van der Waals surface area contributed by atoms with Crippen molar-refractivity contribution in [1.29, 1.82) is 0 Å². The van der Waals surface area contributed by atoms with Gasteiger partial charge in [0.1, 0.15) is 6.04 Å².